The fourth-order valence-electron chi connectivity index (χ4n) is 1.98. The second kappa shape index (κ2) is 6.68. The van der Waals surface area contributed by atoms with Gasteiger partial charge in [-0.1, -0.05) is 22.0 Å². The summed E-state index contributed by atoms with van der Waals surface area (Å²) in [4.78, 5) is 11.9. The van der Waals surface area contributed by atoms with Gasteiger partial charge in [-0.25, -0.2) is 4.39 Å². The summed E-state index contributed by atoms with van der Waals surface area (Å²) in [6.45, 7) is 0.954. The minimum Gasteiger partial charge on any atom is -0.312 e. The van der Waals surface area contributed by atoms with E-state index in [1.807, 2.05) is 11.8 Å². The molecule has 98 valence electrons. The fraction of sp³-hybridized carbons (Fsp3) is 0.462. The van der Waals surface area contributed by atoms with Crippen molar-refractivity contribution in [1.82, 2.24) is 5.32 Å². The third-order valence-electron chi connectivity index (χ3n) is 2.88. The molecule has 5 heteroatoms. The van der Waals surface area contributed by atoms with E-state index >= 15 is 0 Å². The zero-order valence-electron chi connectivity index (χ0n) is 9.92. The van der Waals surface area contributed by atoms with Crippen LogP contribution in [0.3, 0.4) is 0 Å². The molecule has 1 heterocycles. The highest BCUT2D eigenvalue weighted by molar-refractivity contribution is 9.10. The van der Waals surface area contributed by atoms with Crippen molar-refractivity contribution in [3.63, 3.8) is 0 Å². The predicted octanol–water partition coefficient (Wildman–Crippen LogP) is 2.79. The first-order valence-electron chi connectivity index (χ1n) is 5.92. The van der Waals surface area contributed by atoms with Crippen LogP contribution < -0.4 is 5.32 Å². The highest BCUT2D eigenvalue weighted by atomic mass is 79.9. The van der Waals surface area contributed by atoms with Gasteiger partial charge in [0, 0.05) is 41.4 Å². The van der Waals surface area contributed by atoms with Gasteiger partial charge in [0.15, 0.2) is 0 Å². The number of rotatable bonds is 4. The Labute approximate surface area is 119 Å². The number of benzene rings is 1. The number of carbonyl (C=O) groups is 1. The summed E-state index contributed by atoms with van der Waals surface area (Å²) in [6.07, 6.45) is 0.671. The largest absolute Gasteiger partial charge is 0.312 e. The zero-order valence-corrected chi connectivity index (χ0v) is 12.3. The molecule has 0 aliphatic carbocycles. The van der Waals surface area contributed by atoms with Crippen LogP contribution in [0.5, 0.6) is 0 Å². The van der Waals surface area contributed by atoms with E-state index in [2.05, 4.69) is 21.2 Å². The Morgan fingerprint density at radius 2 is 2.39 bits per heavy atom. The maximum atomic E-state index is 13.6. The van der Waals surface area contributed by atoms with Crippen LogP contribution in [0, 0.1) is 5.82 Å². The molecule has 1 unspecified atom stereocenters. The van der Waals surface area contributed by atoms with Crippen LogP contribution in [0.15, 0.2) is 22.7 Å². The van der Waals surface area contributed by atoms with Gasteiger partial charge in [0.1, 0.15) is 11.6 Å². The molecular formula is C13H15BrFNOS. The maximum absolute atomic E-state index is 13.6. The first-order chi connectivity index (χ1) is 8.65. The molecule has 0 amide bonds. The molecule has 0 saturated carbocycles. The lowest BCUT2D eigenvalue weighted by molar-refractivity contribution is -0.118. The highest BCUT2D eigenvalue weighted by Crippen LogP contribution is 2.17. The molecule has 1 saturated heterocycles. The smallest absolute Gasteiger partial charge is 0.138 e. The van der Waals surface area contributed by atoms with Crippen molar-refractivity contribution in [2.75, 3.05) is 18.1 Å². The van der Waals surface area contributed by atoms with Crippen LogP contribution >= 0.6 is 27.7 Å². The Bertz CT molecular complexity index is 435. The van der Waals surface area contributed by atoms with Crippen molar-refractivity contribution in [2.24, 2.45) is 0 Å². The lowest BCUT2D eigenvalue weighted by Crippen LogP contribution is -2.39. The second-order valence-corrected chi connectivity index (χ2v) is 6.45. The Balaban J connectivity index is 1.90. The van der Waals surface area contributed by atoms with Gasteiger partial charge in [0.25, 0.3) is 0 Å². The highest BCUT2D eigenvalue weighted by Gasteiger charge is 2.17. The van der Waals surface area contributed by atoms with Crippen LogP contribution in [0.1, 0.15) is 12.0 Å². The lowest BCUT2D eigenvalue weighted by atomic mass is 10.0. The number of hydrogen-bond donors (Lipinski definition) is 1. The van der Waals surface area contributed by atoms with Gasteiger partial charge in [0.05, 0.1) is 0 Å². The number of carbonyl (C=O) groups excluding carboxylic acids is 1. The van der Waals surface area contributed by atoms with Crippen molar-refractivity contribution >= 4 is 33.5 Å². The second-order valence-electron chi connectivity index (χ2n) is 4.38. The number of ketones is 1. The summed E-state index contributed by atoms with van der Waals surface area (Å²) < 4.78 is 14.3. The lowest BCUT2D eigenvalue weighted by Gasteiger charge is -2.22. The molecule has 0 radical (unpaired) electrons. The summed E-state index contributed by atoms with van der Waals surface area (Å²) in [5.41, 5.74) is 0.478. The van der Waals surface area contributed by atoms with Crippen LogP contribution in [0.2, 0.25) is 0 Å². The summed E-state index contributed by atoms with van der Waals surface area (Å²) >= 11 is 5.07. The molecule has 18 heavy (non-hydrogen) atoms. The van der Waals surface area contributed by atoms with E-state index in [1.165, 1.54) is 6.07 Å². The normalized spacial score (nSPS) is 19.8. The van der Waals surface area contributed by atoms with E-state index in [-0.39, 0.29) is 24.1 Å². The van der Waals surface area contributed by atoms with Crippen molar-refractivity contribution in [3.05, 3.63) is 34.1 Å². The average Bonchev–Trinajstić information content (AvgIpc) is 2.34. The van der Waals surface area contributed by atoms with E-state index in [0.717, 1.165) is 18.1 Å². The van der Waals surface area contributed by atoms with Gasteiger partial charge in [-0.3, -0.25) is 4.79 Å². The summed E-state index contributed by atoms with van der Waals surface area (Å²) in [7, 11) is 0. The van der Waals surface area contributed by atoms with Crippen molar-refractivity contribution in [3.8, 4) is 0 Å². The maximum Gasteiger partial charge on any atom is 0.138 e. The predicted molar refractivity (Wildman–Crippen MR) is 76.5 cm³/mol. The summed E-state index contributed by atoms with van der Waals surface area (Å²) in [5, 5.41) is 3.32. The Kier molecular flexibility index (Phi) is 5.21. The third kappa shape index (κ3) is 4.07. The van der Waals surface area contributed by atoms with E-state index in [4.69, 9.17) is 0 Å². The minimum absolute atomic E-state index is 0.0937. The van der Waals surface area contributed by atoms with Crippen LogP contribution in [0.4, 0.5) is 4.39 Å². The zero-order chi connectivity index (χ0) is 13.0. The Morgan fingerprint density at radius 1 is 1.56 bits per heavy atom. The quantitative estimate of drug-likeness (QED) is 0.919. The van der Waals surface area contributed by atoms with Crippen molar-refractivity contribution in [1.29, 1.82) is 0 Å². The summed E-state index contributed by atoms with van der Waals surface area (Å²) in [6, 6.07) is 5.08. The number of Topliss-reactive ketones (excluding diaryl/α,β-unsaturated/α-hetero) is 1. The molecule has 1 aromatic rings. The first kappa shape index (κ1) is 14.0. The Morgan fingerprint density at radius 3 is 3.06 bits per heavy atom. The molecule has 1 atom stereocenters. The third-order valence-corrected chi connectivity index (χ3v) is 4.50. The number of nitrogens with one attached hydrogen (secondary N) is 1. The molecule has 1 aliphatic rings. The monoisotopic (exact) mass is 331 g/mol. The molecule has 1 N–H and O–H groups in total. The summed E-state index contributed by atoms with van der Waals surface area (Å²) in [5.74, 6) is 1.85. The molecule has 1 fully saturated rings. The van der Waals surface area contributed by atoms with E-state index in [9.17, 15) is 9.18 Å². The van der Waals surface area contributed by atoms with Crippen LogP contribution in [-0.2, 0) is 11.2 Å². The van der Waals surface area contributed by atoms with Crippen molar-refractivity contribution in [2.45, 2.75) is 18.9 Å². The molecule has 0 spiro atoms. The standard InChI is InChI=1S/C13H15BrFNOS/c14-10-2-1-9(13(15)6-10)5-12(17)7-11-8-18-4-3-16-11/h1-2,6,11,16H,3-5,7-8H2. The molecule has 2 nitrogen and oxygen atoms in total. The van der Waals surface area contributed by atoms with Gasteiger partial charge in [-0.15, -0.1) is 0 Å². The molecule has 0 bridgehead atoms. The SMILES string of the molecule is O=C(Cc1ccc(Br)cc1F)CC1CSCCN1. The molecule has 2 rings (SSSR count). The Hall–Kier alpha value is -0.390. The molecule has 1 aliphatic heterocycles. The number of hydrogen-bond acceptors (Lipinski definition) is 3. The van der Waals surface area contributed by atoms with Crippen LogP contribution in [-0.4, -0.2) is 29.9 Å². The van der Waals surface area contributed by atoms with Crippen LogP contribution in [0.25, 0.3) is 0 Å². The minimum atomic E-state index is -0.316. The van der Waals surface area contributed by atoms with Gasteiger partial charge in [-0.2, -0.15) is 11.8 Å². The van der Waals surface area contributed by atoms with E-state index in [0.29, 0.717) is 16.5 Å². The van der Waals surface area contributed by atoms with Gasteiger partial charge in [0.2, 0.25) is 0 Å². The average molecular weight is 332 g/mol. The molecule has 0 aromatic heterocycles. The first-order valence-corrected chi connectivity index (χ1v) is 7.86. The number of halogens is 2. The van der Waals surface area contributed by atoms with Gasteiger partial charge < -0.3 is 5.32 Å². The van der Waals surface area contributed by atoms with E-state index in [1.54, 1.807) is 12.1 Å². The fourth-order valence-corrected chi connectivity index (χ4v) is 3.26. The molecule has 1 aromatic carbocycles. The van der Waals surface area contributed by atoms with Gasteiger partial charge in [-0.05, 0) is 17.7 Å². The topological polar surface area (TPSA) is 29.1 Å². The van der Waals surface area contributed by atoms with Gasteiger partial charge >= 0.3 is 0 Å². The molecular weight excluding hydrogens is 317 g/mol. The van der Waals surface area contributed by atoms with E-state index < -0.39 is 0 Å². The number of thioether (sulfide) groups is 1. The van der Waals surface area contributed by atoms with Crippen molar-refractivity contribution < 1.29 is 9.18 Å².